The zero-order chi connectivity index (χ0) is 27.0. The Morgan fingerprint density at radius 2 is 1.74 bits per heavy atom. The minimum atomic E-state index is -1.07. The van der Waals surface area contributed by atoms with Crippen LogP contribution >= 0.6 is 0 Å². The Labute approximate surface area is 217 Å². The number of hydrogen-bond donors (Lipinski definition) is 2. The van der Waals surface area contributed by atoms with Crippen molar-refractivity contribution in [3.8, 4) is 28.8 Å². The Kier molecular flexibility index (Phi) is 6.51. The van der Waals surface area contributed by atoms with E-state index in [1.165, 1.54) is 12.1 Å². The van der Waals surface area contributed by atoms with Crippen molar-refractivity contribution in [3.63, 3.8) is 0 Å². The number of ether oxygens (including phenoxy) is 2. The Morgan fingerprint density at radius 3 is 2.34 bits per heavy atom. The number of H-pyrrole nitrogens is 1. The number of aromatic amines is 1. The predicted octanol–water partition coefficient (Wildman–Crippen LogP) is 5.98. The molecule has 7 nitrogen and oxygen atoms in total. The number of hydrogen-bond acceptors (Lipinski definition) is 5. The zero-order valence-corrected chi connectivity index (χ0v) is 20.8. The van der Waals surface area contributed by atoms with Crippen molar-refractivity contribution in [1.29, 1.82) is 5.26 Å². The van der Waals surface area contributed by atoms with Gasteiger partial charge < -0.3 is 24.5 Å². The van der Waals surface area contributed by atoms with Crippen molar-refractivity contribution < 1.29 is 28.2 Å². The number of nitrogens with one attached hydrogen (secondary N) is 1. The first-order valence-electron chi connectivity index (χ1n) is 12.1. The summed E-state index contributed by atoms with van der Waals surface area (Å²) in [6.07, 6.45) is 0. The molecule has 4 aromatic rings. The Balaban J connectivity index is 1.47. The lowest BCUT2D eigenvalue weighted by atomic mass is 9.85. The maximum atomic E-state index is 15.2. The SMILES string of the molecule is CC(C)(C(=O)O)c1ccc(Oc2[nH]c3ccc(-c4c(F)cc(N5CCOCC5)cc4F)cc3c2C#N)cc1. The number of benzene rings is 3. The highest BCUT2D eigenvalue weighted by Gasteiger charge is 2.29. The fourth-order valence-electron chi connectivity index (χ4n) is 4.53. The van der Waals surface area contributed by atoms with E-state index in [2.05, 4.69) is 11.1 Å². The smallest absolute Gasteiger partial charge is 0.313 e. The molecule has 38 heavy (non-hydrogen) atoms. The molecular weight excluding hydrogens is 492 g/mol. The predicted molar refractivity (Wildman–Crippen MR) is 139 cm³/mol. The van der Waals surface area contributed by atoms with Gasteiger partial charge in [0.2, 0.25) is 5.88 Å². The van der Waals surface area contributed by atoms with Crippen molar-refractivity contribution in [1.82, 2.24) is 4.98 Å². The van der Waals surface area contributed by atoms with Gasteiger partial charge in [-0.3, -0.25) is 4.79 Å². The Hall–Kier alpha value is -4.42. The molecule has 0 unspecified atom stereocenters. The Bertz CT molecular complexity index is 1540. The quantitative estimate of drug-likeness (QED) is 0.327. The number of nitriles is 1. The zero-order valence-electron chi connectivity index (χ0n) is 20.8. The number of carboxylic acid groups (broad SMARTS) is 1. The van der Waals surface area contributed by atoms with E-state index in [0.717, 1.165) is 0 Å². The molecule has 2 heterocycles. The van der Waals surface area contributed by atoms with Crippen LogP contribution in [-0.2, 0) is 14.9 Å². The summed E-state index contributed by atoms with van der Waals surface area (Å²) >= 11 is 0. The van der Waals surface area contributed by atoms with Crippen molar-refractivity contribution in [2.75, 3.05) is 31.2 Å². The monoisotopic (exact) mass is 517 g/mol. The number of carbonyl (C=O) groups is 1. The summed E-state index contributed by atoms with van der Waals surface area (Å²) in [6, 6.07) is 16.1. The second kappa shape index (κ2) is 9.80. The summed E-state index contributed by atoms with van der Waals surface area (Å²) in [4.78, 5) is 16.4. The normalized spacial score (nSPS) is 13.9. The van der Waals surface area contributed by atoms with Crippen molar-refractivity contribution in [2.45, 2.75) is 19.3 Å². The molecule has 0 saturated carbocycles. The van der Waals surface area contributed by atoms with Crippen LogP contribution in [0.2, 0.25) is 0 Å². The number of rotatable bonds is 6. The third-order valence-electron chi connectivity index (χ3n) is 6.90. The maximum absolute atomic E-state index is 15.2. The third-order valence-corrected chi connectivity index (χ3v) is 6.90. The first-order chi connectivity index (χ1) is 18.2. The number of aromatic nitrogens is 1. The van der Waals surface area contributed by atoms with Gasteiger partial charge >= 0.3 is 5.97 Å². The van der Waals surface area contributed by atoms with Gasteiger partial charge in [0.15, 0.2) is 0 Å². The molecule has 9 heteroatoms. The van der Waals surface area contributed by atoms with Gasteiger partial charge in [0, 0.05) is 29.7 Å². The number of morpholine rings is 1. The highest BCUT2D eigenvalue weighted by atomic mass is 19.1. The van der Waals surface area contributed by atoms with Gasteiger partial charge in [-0.25, -0.2) is 8.78 Å². The second-order valence-corrected chi connectivity index (χ2v) is 9.64. The average Bonchev–Trinajstić information content (AvgIpc) is 3.25. The molecule has 0 bridgehead atoms. The van der Waals surface area contributed by atoms with Crippen LogP contribution in [0, 0.1) is 23.0 Å². The van der Waals surface area contributed by atoms with Crippen molar-refractivity contribution >= 4 is 22.6 Å². The van der Waals surface area contributed by atoms with Crippen LogP contribution in [0.25, 0.3) is 22.0 Å². The summed E-state index contributed by atoms with van der Waals surface area (Å²) in [5, 5.41) is 19.8. The number of aliphatic carboxylic acids is 1. The van der Waals surface area contributed by atoms with Crippen LogP contribution in [0.15, 0.2) is 54.6 Å². The van der Waals surface area contributed by atoms with E-state index in [-0.39, 0.29) is 17.0 Å². The molecule has 194 valence electrons. The van der Waals surface area contributed by atoms with Gasteiger partial charge in [-0.05, 0) is 61.4 Å². The molecular formula is C29H25F2N3O4. The topological polar surface area (TPSA) is 98.6 Å². The van der Waals surface area contributed by atoms with E-state index in [0.29, 0.717) is 59.8 Å². The molecule has 1 aromatic heterocycles. The standard InChI is InChI=1S/C29H25F2N3O4/c1-29(2,28(35)36)18-4-6-20(7-5-18)38-27-22(16-32)21-13-17(3-8-25(21)33-27)26-23(30)14-19(15-24(26)31)34-9-11-37-12-10-34/h3-8,13-15,33H,9-12H2,1-2H3,(H,35,36). The fourth-order valence-corrected chi connectivity index (χ4v) is 4.53. The largest absolute Gasteiger partial charge is 0.481 e. The summed E-state index contributed by atoms with van der Waals surface area (Å²) in [7, 11) is 0. The molecule has 0 radical (unpaired) electrons. The second-order valence-electron chi connectivity index (χ2n) is 9.64. The lowest BCUT2D eigenvalue weighted by Crippen LogP contribution is -2.36. The Morgan fingerprint density at radius 1 is 1.08 bits per heavy atom. The number of carboxylic acids is 1. The van der Waals surface area contributed by atoms with Gasteiger partial charge in [0.05, 0.1) is 24.2 Å². The summed E-state index contributed by atoms with van der Waals surface area (Å²) in [6.45, 7) is 5.33. The van der Waals surface area contributed by atoms with Crippen molar-refractivity contribution in [3.05, 3.63) is 77.4 Å². The minimum Gasteiger partial charge on any atom is -0.481 e. The lowest BCUT2D eigenvalue weighted by Gasteiger charge is -2.29. The molecule has 3 aromatic carbocycles. The van der Waals surface area contributed by atoms with E-state index in [4.69, 9.17) is 9.47 Å². The van der Waals surface area contributed by atoms with E-state index in [9.17, 15) is 15.2 Å². The number of anilines is 1. The van der Waals surface area contributed by atoms with E-state index >= 15 is 8.78 Å². The first kappa shape index (κ1) is 25.2. The van der Waals surface area contributed by atoms with Gasteiger partial charge in [-0.15, -0.1) is 0 Å². The van der Waals surface area contributed by atoms with Crippen LogP contribution < -0.4 is 9.64 Å². The van der Waals surface area contributed by atoms with Gasteiger partial charge in [0.25, 0.3) is 0 Å². The lowest BCUT2D eigenvalue weighted by molar-refractivity contribution is -0.142. The van der Waals surface area contributed by atoms with Gasteiger partial charge in [0.1, 0.15) is 29.0 Å². The van der Waals surface area contributed by atoms with Crippen LogP contribution in [-0.4, -0.2) is 42.4 Å². The van der Waals surface area contributed by atoms with E-state index in [1.807, 2.05) is 4.90 Å². The minimum absolute atomic E-state index is 0.173. The van der Waals surface area contributed by atoms with Gasteiger partial charge in [-0.2, -0.15) is 5.26 Å². The van der Waals surface area contributed by atoms with Gasteiger partial charge in [-0.1, -0.05) is 18.2 Å². The highest BCUT2D eigenvalue weighted by Crippen LogP contribution is 2.37. The maximum Gasteiger partial charge on any atom is 0.313 e. The molecule has 1 fully saturated rings. The van der Waals surface area contributed by atoms with Crippen LogP contribution in [0.4, 0.5) is 14.5 Å². The molecule has 5 rings (SSSR count). The summed E-state index contributed by atoms with van der Waals surface area (Å²) in [5.74, 6) is -1.77. The summed E-state index contributed by atoms with van der Waals surface area (Å²) in [5.41, 5.74) is 0.858. The third kappa shape index (κ3) is 4.55. The molecule has 2 N–H and O–H groups in total. The molecule has 0 aliphatic carbocycles. The van der Waals surface area contributed by atoms with Crippen molar-refractivity contribution in [2.24, 2.45) is 0 Å². The molecule has 1 saturated heterocycles. The molecule has 1 aliphatic rings. The van der Waals surface area contributed by atoms with Crippen LogP contribution in [0.3, 0.4) is 0 Å². The fraction of sp³-hybridized carbons (Fsp3) is 0.241. The molecule has 0 spiro atoms. The molecule has 0 atom stereocenters. The van der Waals surface area contributed by atoms with E-state index < -0.39 is 23.0 Å². The molecule has 0 amide bonds. The van der Waals surface area contributed by atoms with E-state index in [1.54, 1.807) is 56.3 Å². The van der Waals surface area contributed by atoms with Crippen LogP contribution in [0.1, 0.15) is 25.0 Å². The first-order valence-corrected chi connectivity index (χ1v) is 12.1. The van der Waals surface area contributed by atoms with Crippen LogP contribution in [0.5, 0.6) is 11.6 Å². The summed E-state index contributed by atoms with van der Waals surface area (Å²) < 4.78 is 41.5. The average molecular weight is 518 g/mol. The molecule has 1 aliphatic heterocycles. The number of nitrogens with zero attached hydrogens (tertiary/aromatic N) is 2. The highest BCUT2D eigenvalue weighted by molar-refractivity contribution is 5.92. The number of halogens is 2. The number of fused-ring (bicyclic) bond motifs is 1.